The molecule has 4 rings (SSSR count). The first kappa shape index (κ1) is 28.5. The number of nitrogens with zero attached hydrogens (tertiary/aromatic N) is 4. The van der Waals surface area contributed by atoms with Gasteiger partial charge < -0.3 is 15.6 Å². The van der Waals surface area contributed by atoms with Crippen LogP contribution in [0.1, 0.15) is 31.0 Å². The quantitative estimate of drug-likeness (QED) is 0.277. The number of halogens is 7. The second-order valence-electron chi connectivity index (χ2n) is 8.89. The number of alkyl halides is 6. The standard InChI is InChI=1S/C24H20F7N7O2/c1-11(35-17-10-34-37-21(39)18(17)23(26,27)28)3-2-5-38-6-4-12-7-14(15(25)8-13(12)22(38)40)16-9-33-19(20(32)36-16)24(29,30)31/h4,6-11H,2-3,5H2,1H3,(H2,32,36)(H2,35,37,39)/t11-/m0/s1. The Morgan fingerprint density at radius 1 is 1.10 bits per heavy atom. The molecular weight excluding hydrogens is 551 g/mol. The molecule has 0 spiro atoms. The molecule has 0 radical (unpaired) electrons. The molecule has 0 fully saturated rings. The Morgan fingerprint density at radius 3 is 2.48 bits per heavy atom. The zero-order valence-electron chi connectivity index (χ0n) is 20.5. The number of hydrogen-bond acceptors (Lipinski definition) is 7. The largest absolute Gasteiger partial charge is 0.437 e. The molecule has 4 N–H and O–H groups in total. The molecule has 1 atom stereocenters. The highest BCUT2D eigenvalue weighted by Crippen LogP contribution is 2.33. The molecule has 0 saturated carbocycles. The van der Waals surface area contributed by atoms with Gasteiger partial charge in [-0.1, -0.05) is 0 Å². The van der Waals surface area contributed by atoms with Crippen molar-refractivity contribution in [3.63, 3.8) is 0 Å². The fraction of sp³-hybridized carbons (Fsp3) is 0.292. The van der Waals surface area contributed by atoms with Crippen molar-refractivity contribution in [3.8, 4) is 11.3 Å². The third kappa shape index (κ3) is 5.89. The molecule has 0 unspecified atom stereocenters. The molecule has 3 aromatic heterocycles. The summed E-state index contributed by atoms with van der Waals surface area (Å²) in [5.74, 6) is -1.85. The van der Waals surface area contributed by atoms with E-state index in [0.717, 1.165) is 18.5 Å². The summed E-state index contributed by atoms with van der Waals surface area (Å²) in [6.45, 7) is 1.74. The number of nitrogens with one attached hydrogen (secondary N) is 2. The minimum Gasteiger partial charge on any atom is -0.382 e. The van der Waals surface area contributed by atoms with Crippen molar-refractivity contribution in [3.05, 3.63) is 74.6 Å². The van der Waals surface area contributed by atoms with Crippen molar-refractivity contribution in [1.29, 1.82) is 0 Å². The lowest BCUT2D eigenvalue weighted by molar-refractivity contribution is -0.140. The zero-order valence-corrected chi connectivity index (χ0v) is 20.5. The molecule has 0 saturated heterocycles. The number of pyridine rings is 1. The topological polar surface area (TPSA) is 132 Å². The number of hydrogen-bond donors (Lipinski definition) is 3. The van der Waals surface area contributed by atoms with Gasteiger partial charge in [0.1, 0.15) is 11.4 Å². The summed E-state index contributed by atoms with van der Waals surface area (Å²) >= 11 is 0. The van der Waals surface area contributed by atoms with E-state index >= 15 is 0 Å². The lowest BCUT2D eigenvalue weighted by Crippen LogP contribution is -2.27. The van der Waals surface area contributed by atoms with Gasteiger partial charge in [0.2, 0.25) is 0 Å². The van der Waals surface area contributed by atoms with Crippen molar-refractivity contribution in [1.82, 2.24) is 24.7 Å². The normalized spacial score (nSPS) is 13.0. The Kier molecular flexibility index (Phi) is 7.54. The van der Waals surface area contributed by atoms with Crippen LogP contribution in [0, 0.1) is 5.82 Å². The van der Waals surface area contributed by atoms with E-state index in [1.165, 1.54) is 22.9 Å². The molecule has 1 aromatic carbocycles. The lowest BCUT2D eigenvalue weighted by Gasteiger charge is -2.18. The van der Waals surface area contributed by atoms with Crippen molar-refractivity contribution >= 4 is 22.3 Å². The highest BCUT2D eigenvalue weighted by Gasteiger charge is 2.38. The molecule has 0 aliphatic rings. The molecule has 0 aliphatic carbocycles. The van der Waals surface area contributed by atoms with Crippen molar-refractivity contribution in [2.75, 3.05) is 11.1 Å². The average molecular weight is 571 g/mol. The minimum absolute atomic E-state index is 0.00725. The Bertz CT molecular complexity index is 1680. The molecule has 0 amide bonds. The van der Waals surface area contributed by atoms with Crippen LogP contribution in [0.4, 0.5) is 42.2 Å². The maximum absolute atomic E-state index is 14.9. The van der Waals surface area contributed by atoms with Crippen LogP contribution in [-0.2, 0) is 18.9 Å². The van der Waals surface area contributed by atoms with Crippen LogP contribution in [0.25, 0.3) is 22.0 Å². The Labute approximate surface area is 219 Å². The van der Waals surface area contributed by atoms with Crippen LogP contribution in [0.5, 0.6) is 0 Å². The van der Waals surface area contributed by atoms with Crippen LogP contribution in [0.15, 0.2) is 46.4 Å². The summed E-state index contributed by atoms with van der Waals surface area (Å²) in [6.07, 6.45) is -6.06. The molecule has 3 heterocycles. The molecule has 4 aromatic rings. The monoisotopic (exact) mass is 571 g/mol. The lowest BCUT2D eigenvalue weighted by atomic mass is 10.1. The van der Waals surface area contributed by atoms with E-state index in [4.69, 9.17) is 5.73 Å². The number of aryl methyl sites for hydroxylation is 1. The van der Waals surface area contributed by atoms with Gasteiger partial charge in [0.25, 0.3) is 11.1 Å². The van der Waals surface area contributed by atoms with E-state index in [0.29, 0.717) is 12.8 Å². The first-order valence-corrected chi connectivity index (χ1v) is 11.6. The summed E-state index contributed by atoms with van der Waals surface area (Å²) < 4.78 is 94.6. The minimum atomic E-state index is -4.89. The molecule has 0 bridgehead atoms. The van der Waals surface area contributed by atoms with Gasteiger partial charge in [-0.25, -0.2) is 19.5 Å². The SMILES string of the molecule is C[C@@H](CCCn1ccc2cc(-c3cnc(C(F)(F)F)c(N)n3)c(F)cc2c1=O)Nc1cn[nH]c(=O)c1C(F)(F)F. The molecular formula is C24H20F7N7O2. The summed E-state index contributed by atoms with van der Waals surface area (Å²) in [6, 6.07) is 3.15. The van der Waals surface area contributed by atoms with Crippen LogP contribution < -0.4 is 22.2 Å². The summed E-state index contributed by atoms with van der Waals surface area (Å²) in [5.41, 5.74) is -0.309. The number of rotatable bonds is 7. The third-order valence-corrected chi connectivity index (χ3v) is 5.99. The predicted octanol–water partition coefficient (Wildman–Crippen LogP) is 4.58. The number of nitrogens with two attached hydrogens (primary N) is 1. The van der Waals surface area contributed by atoms with Crippen molar-refractivity contribution in [2.24, 2.45) is 0 Å². The fourth-order valence-corrected chi connectivity index (χ4v) is 4.12. The van der Waals surface area contributed by atoms with Gasteiger partial charge in [0, 0.05) is 24.3 Å². The Hall–Kier alpha value is -4.50. The van der Waals surface area contributed by atoms with Crippen LogP contribution in [0.2, 0.25) is 0 Å². The first-order chi connectivity index (χ1) is 18.7. The van der Waals surface area contributed by atoms with Crippen LogP contribution in [0.3, 0.4) is 0 Å². The number of fused-ring (bicyclic) bond motifs is 1. The van der Waals surface area contributed by atoms with Crippen LogP contribution in [-0.4, -0.2) is 30.8 Å². The smallest absolute Gasteiger partial charge is 0.382 e. The van der Waals surface area contributed by atoms with E-state index in [1.807, 2.05) is 0 Å². The number of aromatic nitrogens is 5. The van der Waals surface area contributed by atoms with E-state index in [1.54, 1.807) is 12.0 Å². The van der Waals surface area contributed by atoms with Gasteiger partial charge in [-0.05, 0) is 43.4 Å². The van der Waals surface area contributed by atoms with E-state index in [-0.39, 0.29) is 28.6 Å². The second-order valence-corrected chi connectivity index (χ2v) is 8.89. The maximum Gasteiger partial charge on any atom is 0.437 e. The zero-order chi connectivity index (χ0) is 29.4. The number of benzene rings is 1. The number of H-pyrrole nitrogens is 1. The van der Waals surface area contributed by atoms with E-state index in [9.17, 15) is 40.3 Å². The fourth-order valence-electron chi connectivity index (χ4n) is 4.12. The first-order valence-electron chi connectivity index (χ1n) is 11.6. The summed E-state index contributed by atoms with van der Waals surface area (Å²) in [5, 5.41) is 8.03. The van der Waals surface area contributed by atoms with Gasteiger partial charge >= 0.3 is 12.4 Å². The summed E-state index contributed by atoms with van der Waals surface area (Å²) in [4.78, 5) is 31.4. The average Bonchev–Trinajstić information content (AvgIpc) is 2.84. The third-order valence-electron chi connectivity index (χ3n) is 5.99. The molecule has 0 aliphatic heterocycles. The number of aromatic amines is 1. The number of nitrogen functional groups attached to an aromatic ring is 1. The van der Waals surface area contributed by atoms with Crippen molar-refractivity contribution in [2.45, 2.75) is 44.7 Å². The number of anilines is 2. The van der Waals surface area contributed by atoms with Gasteiger partial charge in [-0.3, -0.25) is 9.59 Å². The Morgan fingerprint density at radius 2 is 1.82 bits per heavy atom. The highest BCUT2D eigenvalue weighted by atomic mass is 19.4. The van der Waals surface area contributed by atoms with Crippen molar-refractivity contribution < 1.29 is 30.7 Å². The molecule has 40 heavy (non-hydrogen) atoms. The summed E-state index contributed by atoms with van der Waals surface area (Å²) in [7, 11) is 0. The Balaban J connectivity index is 1.50. The van der Waals surface area contributed by atoms with E-state index < -0.39 is 58.1 Å². The van der Waals surface area contributed by atoms with E-state index in [2.05, 4.69) is 20.4 Å². The highest BCUT2D eigenvalue weighted by molar-refractivity contribution is 5.86. The predicted molar refractivity (Wildman–Crippen MR) is 131 cm³/mol. The second kappa shape index (κ2) is 10.6. The van der Waals surface area contributed by atoms with Gasteiger partial charge in [0.05, 0.1) is 29.2 Å². The molecule has 16 heteroatoms. The van der Waals surface area contributed by atoms with Gasteiger partial charge in [-0.2, -0.15) is 31.4 Å². The van der Waals surface area contributed by atoms with Gasteiger partial charge in [0.15, 0.2) is 11.5 Å². The van der Waals surface area contributed by atoms with Gasteiger partial charge in [-0.15, -0.1) is 0 Å². The van der Waals surface area contributed by atoms with Crippen LogP contribution >= 0.6 is 0 Å². The molecule has 9 nitrogen and oxygen atoms in total. The molecule has 212 valence electrons. The maximum atomic E-state index is 14.9.